The van der Waals surface area contributed by atoms with Crippen molar-refractivity contribution in [1.82, 2.24) is 0 Å². The molecule has 0 bridgehead atoms. The number of amides is 1. The van der Waals surface area contributed by atoms with Crippen LogP contribution in [0.1, 0.15) is 24.5 Å². The van der Waals surface area contributed by atoms with Crippen molar-refractivity contribution in [1.29, 1.82) is 0 Å². The third-order valence-corrected chi connectivity index (χ3v) is 2.59. The standard InChI is InChI=1S/C13H20N2O2/c1-3-11(13(15)16)17-12-5-4-9(2)8-10(12)6-7-14/h4-5,8,11H,3,6-7,14H2,1-2H3,(H2,15,16). The topological polar surface area (TPSA) is 78.3 Å². The molecule has 4 heteroatoms. The summed E-state index contributed by atoms with van der Waals surface area (Å²) in [6.07, 6.45) is 0.714. The summed E-state index contributed by atoms with van der Waals surface area (Å²) in [6, 6.07) is 5.84. The molecule has 4 N–H and O–H groups in total. The number of hydrogen-bond donors (Lipinski definition) is 2. The van der Waals surface area contributed by atoms with Crippen molar-refractivity contribution >= 4 is 5.91 Å². The molecule has 0 aliphatic rings. The molecule has 1 atom stereocenters. The van der Waals surface area contributed by atoms with Crippen LogP contribution in [0.4, 0.5) is 0 Å². The maximum atomic E-state index is 11.1. The fourth-order valence-corrected chi connectivity index (χ4v) is 1.67. The molecule has 0 aliphatic heterocycles. The van der Waals surface area contributed by atoms with E-state index in [1.54, 1.807) is 0 Å². The van der Waals surface area contributed by atoms with Crippen molar-refractivity contribution in [2.45, 2.75) is 32.8 Å². The van der Waals surface area contributed by atoms with Gasteiger partial charge in [-0.1, -0.05) is 24.6 Å². The molecule has 1 aromatic carbocycles. The van der Waals surface area contributed by atoms with Crippen LogP contribution in [0.15, 0.2) is 18.2 Å². The first-order valence-electron chi connectivity index (χ1n) is 5.84. The Morgan fingerprint density at radius 1 is 1.47 bits per heavy atom. The Kier molecular flexibility index (Phi) is 4.97. The Bertz CT molecular complexity index is 391. The van der Waals surface area contributed by atoms with E-state index in [9.17, 15) is 4.79 Å². The zero-order valence-corrected chi connectivity index (χ0v) is 10.4. The molecule has 0 spiro atoms. The average molecular weight is 236 g/mol. The quantitative estimate of drug-likeness (QED) is 0.777. The van der Waals surface area contributed by atoms with Crippen molar-refractivity contribution in [3.8, 4) is 5.75 Å². The Labute approximate surface area is 102 Å². The molecule has 1 rings (SSSR count). The zero-order chi connectivity index (χ0) is 12.8. The first kappa shape index (κ1) is 13.5. The van der Waals surface area contributed by atoms with E-state index in [1.165, 1.54) is 0 Å². The first-order chi connectivity index (χ1) is 8.08. The molecule has 0 saturated carbocycles. The van der Waals surface area contributed by atoms with Crippen molar-refractivity contribution < 1.29 is 9.53 Å². The minimum atomic E-state index is -0.575. The summed E-state index contributed by atoms with van der Waals surface area (Å²) in [7, 11) is 0. The molecule has 17 heavy (non-hydrogen) atoms. The van der Waals surface area contributed by atoms with Gasteiger partial charge in [0.25, 0.3) is 5.91 Å². The summed E-state index contributed by atoms with van der Waals surface area (Å²) in [5.41, 5.74) is 13.0. The third-order valence-electron chi connectivity index (χ3n) is 2.59. The second-order valence-corrected chi connectivity index (χ2v) is 4.07. The smallest absolute Gasteiger partial charge is 0.258 e. The van der Waals surface area contributed by atoms with E-state index in [0.717, 1.165) is 17.5 Å². The average Bonchev–Trinajstić information content (AvgIpc) is 2.28. The summed E-state index contributed by atoms with van der Waals surface area (Å²) >= 11 is 0. The monoisotopic (exact) mass is 236 g/mol. The molecule has 0 aliphatic carbocycles. The van der Waals surface area contributed by atoms with Gasteiger partial charge in [-0.15, -0.1) is 0 Å². The van der Waals surface area contributed by atoms with Gasteiger partial charge in [-0.05, 0) is 37.9 Å². The largest absolute Gasteiger partial charge is 0.480 e. The lowest BCUT2D eigenvalue weighted by atomic mass is 10.1. The Hall–Kier alpha value is -1.55. The number of nitrogens with two attached hydrogens (primary N) is 2. The summed E-state index contributed by atoms with van der Waals surface area (Å²) in [5.74, 6) is 0.262. The number of aryl methyl sites for hydroxylation is 1. The summed E-state index contributed by atoms with van der Waals surface area (Å²) < 4.78 is 5.63. The molecular weight excluding hydrogens is 216 g/mol. The van der Waals surface area contributed by atoms with Gasteiger partial charge >= 0.3 is 0 Å². The van der Waals surface area contributed by atoms with Crippen LogP contribution in [0.5, 0.6) is 5.75 Å². The predicted octanol–water partition coefficient (Wildman–Crippen LogP) is 1.14. The lowest BCUT2D eigenvalue weighted by molar-refractivity contribution is -0.124. The Morgan fingerprint density at radius 2 is 2.18 bits per heavy atom. The van der Waals surface area contributed by atoms with Gasteiger partial charge in [0.1, 0.15) is 5.75 Å². The van der Waals surface area contributed by atoms with E-state index in [2.05, 4.69) is 0 Å². The van der Waals surface area contributed by atoms with Gasteiger partial charge in [0.15, 0.2) is 6.10 Å². The molecule has 1 aromatic rings. The van der Waals surface area contributed by atoms with Crippen LogP contribution in [0.25, 0.3) is 0 Å². The van der Waals surface area contributed by atoms with Crippen molar-refractivity contribution in [2.24, 2.45) is 11.5 Å². The Balaban J connectivity index is 2.92. The Morgan fingerprint density at radius 3 is 2.71 bits per heavy atom. The minimum Gasteiger partial charge on any atom is -0.480 e. The number of carbonyl (C=O) groups is 1. The highest BCUT2D eigenvalue weighted by Crippen LogP contribution is 2.22. The van der Waals surface area contributed by atoms with Crippen molar-refractivity contribution in [3.63, 3.8) is 0 Å². The van der Waals surface area contributed by atoms with E-state index in [1.807, 2.05) is 32.0 Å². The van der Waals surface area contributed by atoms with Gasteiger partial charge < -0.3 is 16.2 Å². The lowest BCUT2D eigenvalue weighted by Crippen LogP contribution is -2.33. The van der Waals surface area contributed by atoms with Gasteiger partial charge in [0, 0.05) is 0 Å². The highest BCUT2D eigenvalue weighted by Gasteiger charge is 2.16. The van der Waals surface area contributed by atoms with Gasteiger partial charge in [0.05, 0.1) is 0 Å². The van der Waals surface area contributed by atoms with Gasteiger partial charge in [0.2, 0.25) is 0 Å². The van der Waals surface area contributed by atoms with Crippen LogP contribution in [-0.4, -0.2) is 18.6 Å². The SMILES string of the molecule is CCC(Oc1ccc(C)cc1CCN)C(N)=O. The predicted molar refractivity (Wildman–Crippen MR) is 67.8 cm³/mol. The van der Waals surface area contributed by atoms with E-state index in [-0.39, 0.29) is 0 Å². The maximum Gasteiger partial charge on any atom is 0.258 e. The molecule has 0 radical (unpaired) electrons. The zero-order valence-electron chi connectivity index (χ0n) is 10.4. The number of carbonyl (C=O) groups excluding carboxylic acids is 1. The molecule has 4 nitrogen and oxygen atoms in total. The molecule has 1 amide bonds. The number of benzene rings is 1. The second kappa shape index (κ2) is 6.25. The fraction of sp³-hybridized carbons (Fsp3) is 0.462. The van der Waals surface area contributed by atoms with Crippen molar-refractivity contribution in [2.75, 3.05) is 6.54 Å². The molecule has 0 aromatic heterocycles. The van der Waals surface area contributed by atoms with Crippen LogP contribution in [0.2, 0.25) is 0 Å². The summed E-state index contributed by atoms with van der Waals surface area (Å²) in [6.45, 7) is 4.43. The van der Waals surface area contributed by atoms with Crippen LogP contribution in [0.3, 0.4) is 0 Å². The molecule has 0 heterocycles. The molecule has 94 valence electrons. The van der Waals surface area contributed by atoms with Crippen LogP contribution >= 0.6 is 0 Å². The number of hydrogen-bond acceptors (Lipinski definition) is 3. The molecule has 1 unspecified atom stereocenters. The van der Waals surface area contributed by atoms with E-state index >= 15 is 0 Å². The van der Waals surface area contributed by atoms with Gasteiger partial charge in [-0.25, -0.2) is 0 Å². The lowest BCUT2D eigenvalue weighted by Gasteiger charge is -2.17. The maximum absolute atomic E-state index is 11.1. The third kappa shape index (κ3) is 3.75. The van der Waals surface area contributed by atoms with Gasteiger partial charge in [-0.3, -0.25) is 4.79 Å². The normalized spacial score (nSPS) is 12.2. The highest BCUT2D eigenvalue weighted by molar-refractivity contribution is 5.79. The molecule has 0 saturated heterocycles. The highest BCUT2D eigenvalue weighted by atomic mass is 16.5. The minimum absolute atomic E-state index is 0.438. The fourth-order valence-electron chi connectivity index (χ4n) is 1.67. The second-order valence-electron chi connectivity index (χ2n) is 4.07. The number of ether oxygens (including phenoxy) is 1. The first-order valence-corrected chi connectivity index (χ1v) is 5.84. The van der Waals surface area contributed by atoms with E-state index in [0.29, 0.717) is 18.7 Å². The molecule has 0 fully saturated rings. The number of rotatable bonds is 6. The van der Waals surface area contributed by atoms with Gasteiger partial charge in [-0.2, -0.15) is 0 Å². The van der Waals surface area contributed by atoms with E-state index < -0.39 is 12.0 Å². The van der Waals surface area contributed by atoms with Crippen LogP contribution in [0, 0.1) is 6.92 Å². The van der Waals surface area contributed by atoms with Crippen LogP contribution < -0.4 is 16.2 Å². The summed E-state index contributed by atoms with van der Waals surface area (Å²) in [5, 5.41) is 0. The van der Waals surface area contributed by atoms with E-state index in [4.69, 9.17) is 16.2 Å². The summed E-state index contributed by atoms with van der Waals surface area (Å²) in [4.78, 5) is 11.1. The number of primary amides is 1. The van der Waals surface area contributed by atoms with Crippen molar-refractivity contribution in [3.05, 3.63) is 29.3 Å². The van der Waals surface area contributed by atoms with Crippen LogP contribution in [-0.2, 0) is 11.2 Å². The molecular formula is C13H20N2O2.